The highest BCUT2D eigenvalue weighted by atomic mass is 19.1. The third-order valence-corrected chi connectivity index (χ3v) is 2.48. The summed E-state index contributed by atoms with van der Waals surface area (Å²) in [6, 6.07) is 12.0. The molecule has 0 radical (unpaired) electrons. The van der Waals surface area contributed by atoms with Gasteiger partial charge in [-0.2, -0.15) is 10.5 Å². The van der Waals surface area contributed by atoms with Crippen molar-refractivity contribution in [3.63, 3.8) is 0 Å². The fraction of sp³-hybridized carbons (Fsp3) is 0. The molecule has 0 saturated carbocycles. The summed E-state index contributed by atoms with van der Waals surface area (Å²) in [7, 11) is 0. The van der Waals surface area contributed by atoms with Gasteiger partial charge in [0, 0.05) is 0 Å². The van der Waals surface area contributed by atoms with Gasteiger partial charge in [-0.1, -0.05) is 6.07 Å². The van der Waals surface area contributed by atoms with E-state index in [0.717, 1.165) is 6.07 Å². The van der Waals surface area contributed by atoms with Gasteiger partial charge in [-0.15, -0.1) is 0 Å². The maximum atomic E-state index is 13.3. The molecule has 86 valence electrons. The fourth-order valence-electron chi connectivity index (χ4n) is 1.63. The topological polar surface area (TPSA) is 67.8 Å². The second kappa shape index (κ2) is 4.57. The van der Waals surface area contributed by atoms with Gasteiger partial charge in [0.25, 0.3) is 0 Å². The lowest BCUT2D eigenvalue weighted by molar-refractivity contribution is 0.473. The first-order chi connectivity index (χ1) is 8.63. The molecule has 0 spiro atoms. The Morgan fingerprint density at radius 1 is 0.944 bits per heavy atom. The van der Waals surface area contributed by atoms with Crippen LogP contribution < -0.4 is 0 Å². The Balaban J connectivity index is 2.60. The molecular formula is C14H7FN2O. The Hall–Kier alpha value is -2.85. The lowest BCUT2D eigenvalue weighted by Crippen LogP contribution is -1.86. The number of nitrogens with zero attached hydrogens (tertiary/aromatic N) is 2. The summed E-state index contributed by atoms with van der Waals surface area (Å²) in [6.45, 7) is 0. The molecule has 0 aliphatic heterocycles. The number of hydrogen-bond acceptors (Lipinski definition) is 3. The van der Waals surface area contributed by atoms with Crippen LogP contribution >= 0.6 is 0 Å². The molecule has 0 atom stereocenters. The molecule has 18 heavy (non-hydrogen) atoms. The Kier molecular flexibility index (Phi) is 2.95. The summed E-state index contributed by atoms with van der Waals surface area (Å²) in [5.74, 6) is -0.645. The number of phenols is 1. The van der Waals surface area contributed by atoms with Gasteiger partial charge in [0.2, 0.25) is 0 Å². The summed E-state index contributed by atoms with van der Waals surface area (Å²) >= 11 is 0. The van der Waals surface area contributed by atoms with Crippen molar-refractivity contribution in [2.45, 2.75) is 0 Å². The van der Waals surface area contributed by atoms with Crippen LogP contribution in [0.1, 0.15) is 11.1 Å². The molecule has 2 aromatic rings. The maximum absolute atomic E-state index is 13.3. The highest BCUT2D eigenvalue weighted by Gasteiger charge is 2.06. The Labute approximate surface area is 103 Å². The van der Waals surface area contributed by atoms with Crippen molar-refractivity contribution in [3.05, 3.63) is 53.3 Å². The molecule has 0 amide bonds. The molecule has 0 heterocycles. The van der Waals surface area contributed by atoms with Crippen LogP contribution in [0.3, 0.4) is 0 Å². The van der Waals surface area contributed by atoms with Crippen LogP contribution in [-0.4, -0.2) is 5.11 Å². The minimum Gasteiger partial charge on any atom is -0.507 e. The molecule has 0 bridgehead atoms. The van der Waals surface area contributed by atoms with E-state index in [9.17, 15) is 9.50 Å². The van der Waals surface area contributed by atoms with E-state index in [0.29, 0.717) is 11.1 Å². The molecular weight excluding hydrogens is 231 g/mol. The van der Waals surface area contributed by atoms with Gasteiger partial charge in [-0.05, 0) is 41.5 Å². The number of nitriles is 2. The van der Waals surface area contributed by atoms with Gasteiger partial charge >= 0.3 is 0 Å². The molecule has 0 unspecified atom stereocenters. The molecule has 4 heteroatoms. The minimum absolute atomic E-state index is 0.107. The molecule has 0 saturated heterocycles. The molecule has 0 fully saturated rings. The number of halogens is 1. The van der Waals surface area contributed by atoms with Crippen LogP contribution in [0.4, 0.5) is 4.39 Å². The molecule has 2 rings (SSSR count). The van der Waals surface area contributed by atoms with E-state index in [1.165, 1.54) is 24.3 Å². The van der Waals surface area contributed by atoms with Crippen molar-refractivity contribution in [1.82, 2.24) is 0 Å². The molecule has 2 aromatic carbocycles. The highest BCUT2D eigenvalue weighted by Crippen LogP contribution is 2.26. The van der Waals surface area contributed by atoms with Crippen molar-refractivity contribution in [1.29, 1.82) is 10.5 Å². The van der Waals surface area contributed by atoms with E-state index in [-0.39, 0.29) is 16.9 Å². The zero-order chi connectivity index (χ0) is 13.1. The summed E-state index contributed by atoms with van der Waals surface area (Å²) in [5.41, 5.74) is 1.37. The molecule has 0 aromatic heterocycles. The smallest absolute Gasteiger partial charge is 0.133 e. The van der Waals surface area contributed by atoms with Crippen molar-refractivity contribution in [2.75, 3.05) is 0 Å². The number of hydrogen-bond donors (Lipinski definition) is 1. The average molecular weight is 238 g/mol. The third-order valence-electron chi connectivity index (χ3n) is 2.48. The predicted octanol–water partition coefficient (Wildman–Crippen LogP) is 2.94. The Morgan fingerprint density at radius 2 is 1.72 bits per heavy atom. The van der Waals surface area contributed by atoms with E-state index in [1.807, 2.05) is 12.1 Å². The third kappa shape index (κ3) is 2.14. The van der Waals surface area contributed by atoms with Crippen LogP contribution in [-0.2, 0) is 0 Å². The normalized spacial score (nSPS) is 9.50. The SMILES string of the molecule is N#Cc1cc(F)cc(-c2ccc(O)c(C#N)c2)c1. The number of phenolic OH excluding ortho intramolecular Hbond substituents is 1. The fourth-order valence-corrected chi connectivity index (χ4v) is 1.63. The van der Waals surface area contributed by atoms with Gasteiger partial charge in [0.05, 0.1) is 17.2 Å². The van der Waals surface area contributed by atoms with Crippen LogP contribution in [0.15, 0.2) is 36.4 Å². The van der Waals surface area contributed by atoms with E-state index in [2.05, 4.69) is 0 Å². The molecule has 3 nitrogen and oxygen atoms in total. The monoisotopic (exact) mass is 238 g/mol. The van der Waals surface area contributed by atoms with Crippen molar-refractivity contribution < 1.29 is 9.50 Å². The second-order valence-corrected chi connectivity index (χ2v) is 3.68. The number of aromatic hydroxyl groups is 1. The lowest BCUT2D eigenvalue weighted by Gasteiger charge is -2.04. The average Bonchev–Trinajstić information content (AvgIpc) is 2.38. The highest BCUT2D eigenvalue weighted by molar-refractivity contribution is 5.68. The number of rotatable bonds is 1. The first kappa shape index (κ1) is 11.6. The van der Waals surface area contributed by atoms with Gasteiger partial charge in [-0.25, -0.2) is 4.39 Å². The van der Waals surface area contributed by atoms with Crippen LogP contribution in [0.25, 0.3) is 11.1 Å². The second-order valence-electron chi connectivity index (χ2n) is 3.68. The van der Waals surface area contributed by atoms with E-state index >= 15 is 0 Å². The first-order valence-electron chi connectivity index (χ1n) is 5.08. The van der Waals surface area contributed by atoms with Crippen LogP contribution in [0.5, 0.6) is 5.75 Å². The van der Waals surface area contributed by atoms with Crippen molar-refractivity contribution >= 4 is 0 Å². The zero-order valence-electron chi connectivity index (χ0n) is 9.18. The summed E-state index contributed by atoms with van der Waals surface area (Å²) < 4.78 is 13.3. The lowest BCUT2D eigenvalue weighted by atomic mass is 10.0. The molecule has 0 aliphatic carbocycles. The molecule has 1 N–H and O–H groups in total. The van der Waals surface area contributed by atoms with Gasteiger partial charge < -0.3 is 5.11 Å². The van der Waals surface area contributed by atoms with E-state index < -0.39 is 5.82 Å². The number of benzene rings is 2. The van der Waals surface area contributed by atoms with Gasteiger partial charge in [0.1, 0.15) is 17.6 Å². The van der Waals surface area contributed by atoms with E-state index in [1.54, 1.807) is 6.07 Å². The summed E-state index contributed by atoms with van der Waals surface area (Å²) in [4.78, 5) is 0. The van der Waals surface area contributed by atoms with E-state index in [4.69, 9.17) is 10.5 Å². The van der Waals surface area contributed by atoms with Gasteiger partial charge in [-0.3, -0.25) is 0 Å². The molecule has 0 aliphatic rings. The Bertz CT molecular complexity index is 696. The maximum Gasteiger partial charge on any atom is 0.133 e. The quantitative estimate of drug-likeness (QED) is 0.830. The summed E-state index contributed by atoms with van der Waals surface area (Å²) in [5, 5.41) is 27.0. The Morgan fingerprint density at radius 3 is 2.39 bits per heavy atom. The van der Waals surface area contributed by atoms with Crippen LogP contribution in [0, 0.1) is 28.5 Å². The zero-order valence-corrected chi connectivity index (χ0v) is 9.18. The summed E-state index contributed by atoms with van der Waals surface area (Å²) in [6.07, 6.45) is 0. The van der Waals surface area contributed by atoms with Crippen molar-refractivity contribution in [2.24, 2.45) is 0 Å². The van der Waals surface area contributed by atoms with Crippen molar-refractivity contribution in [3.8, 4) is 29.0 Å². The largest absolute Gasteiger partial charge is 0.507 e. The standard InChI is InChI=1S/C14H7FN2O/c15-13-4-9(7-16)3-11(6-13)10-1-2-14(18)12(5-10)8-17/h1-6,18H. The van der Waals surface area contributed by atoms with Crippen LogP contribution in [0.2, 0.25) is 0 Å². The van der Waals surface area contributed by atoms with Gasteiger partial charge in [0.15, 0.2) is 0 Å². The first-order valence-corrected chi connectivity index (χ1v) is 5.08. The minimum atomic E-state index is -0.518. The predicted molar refractivity (Wildman–Crippen MR) is 62.9 cm³/mol.